The number of carbonyl (C=O) groups excluding carboxylic acids is 1. The number of thiazole rings is 1. The zero-order valence-electron chi connectivity index (χ0n) is 18.2. The molecule has 1 saturated heterocycles. The molecule has 2 amide bonds. The van der Waals surface area contributed by atoms with Crippen LogP contribution in [0.2, 0.25) is 0 Å². The van der Waals surface area contributed by atoms with Gasteiger partial charge in [0.05, 0.1) is 27.1 Å². The Kier molecular flexibility index (Phi) is 6.16. The lowest BCUT2D eigenvalue weighted by atomic mass is 9.65. The number of allylic oxidation sites excluding steroid dienone is 1. The Morgan fingerprint density at radius 2 is 2.22 bits per heavy atom. The molecule has 0 saturated carbocycles. The highest BCUT2D eigenvalue weighted by molar-refractivity contribution is 7.16. The van der Waals surface area contributed by atoms with Gasteiger partial charge in [-0.15, -0.1) is 11.3 Å². The van der Waals surface area contributed by atoms with E-state index in [2.05, 4.69) is 20.9 Å². The number of nitrogens with one attached hydrogen (secondary N) is 3. The number of amides is 2. The topological polar surface area (TPSA) is 119 Å². The molecular weight excluding hydrogens is 428 g/mol. The third-order valence-corrected chi connectivity index (χ3v) is 7.30. The Labute approximate surface area is 190 Å². The maximum atomic E-state index is 12.9. The first kappa shape index (κ1) is 22.2. The van der Waals surface area contributed by atoms with Gasteiger partial charge in [-0.25, -0.2) is 14.8 Å². The molecular formula is C22H28N6O3S. The second-order valence-corrected chi connectivity index (χ2v) is 8.91. The lowest BCUT2D eigenvalue weighted by Crippen LogP contribution is -2.71. The number of hydrogen-bond donors (Lipinski definition) is 4. The molecule has 0 bridgehead atoms. The third-order valence-electron chi connectivity index (χ3n) is 6.49. The highest BCUT2D eigenvalue weighted by atomic mass is 32.1. The maximum Gasteiger partial charge on any atom is 0.318 e. The second-order valence-electron chi connectivity index (χ2n) is 8.03. The van der Waals surface area contributed by atoms with Gasteiger partial charge >= 0.3 is 12.0 Å². The summed E-state index contributed by atoms with van der Waals surface area (Å²) in [5, 5.41) is 19.5. The monoisotopic (exact) mass is 456 g/mol. The van der Waals surface area contributed by atoms with Crippen molar-refractivity contribution in [3.8, 4) is 0 Å². The fourth-order valence-corrected chi connectivity index (χ4v) is 5.49. The smallest absolute Gasteiger partial charge is 0.318 e. The van der Waals surface area contributed by atoms with Crippen molar-refractivity contribution in [2.24, 2.45) is 16.3 Å². The van der Waals surface area contributed by atoms with E-state index in [-0.39, 0.29) is 0 Å². The molecule has 3 unspecified atom stereocenters. The largest absolute Gasteiger partial charge is 0.481 e. The fourth-order valence-electron chi connectivity index (χ4n) is 4.83. The van der Waals surface area contributed by atoms with Crippen LogP contribution in [0.15, 0.2) is 41.0 Å². The summed E-state index contributed by atoms with van der Waals surface area (Å²) in [6.07, 6.45) is 6.12. The van der Waals surface area contributed by atoms with Gasteiger partial charge in [-0.05, 0) is 50.6 Å². The predicted molar refractivity (Wildman–Crippen MR) is 126 cm³/mol. The van der Waals surface area contributed by atoms with Gasteiger partial charge in [0, 0.05) is 31.2 Å². The van der Waals surface area contributed by atoms with Crippen LogP contribution in [0.5, 0.6) is 0 Å². The van der Waals surface area contributed by atoms with E-state index < -0.39 is 29.1 Å². The Hall–Kier alpha value is -2.98. The van der Waals surface area contributed by atoms with Gasteiger partial charge in [-0.1, -0.05) is 6.92 Å². The highest BCUT2D eigenvalue weighted by Crippen LogP contribution is 2.47. The number of carbonyl (C=O) groups is 2. The van der Waals surface area contributed by atoms with Crippen molar-refractivity contribution in [2.75, 3.05) is 24.5 Å². The van der Waals surface area contributed by atoms with E-state index in [0.29, 0.717) is 32.5 Å². The van der Waals surface area contributed by atoms with E-state index in [0.717, 1.165) is 15.9 Å². The molecule has 2 aliphatic heterocycles. The zero-order valence-corrected chi connectivity index (χ0v) is 19.0. The summed E-state index contributed by atoms with van der Waals surface area (Å²) >= 11 is 1.55. The van der Waals surface area contributed by atoms with Gasteiger partial charge < -0.3 is 20.6 Å². The molecule has 4 rings (SSSR count). The number of aliphatic imine (C=N–C) groups is 1. The fraction of sp³-hybridized carbons (Fsp3) is 0.455. The molecule has 170 valence electrons. The number of aliphatic carboxylic acids is 1. The zero-order chi connectivity index (χ0) is 22.8. The molecule has 0 radical (unpaired) electrons. The van der Waals surface area contributed by atoms with Crippen LogP contribution in [-0.2, 0) is 4.79 Å². The van der Waals surface area contributed by atoms with Crippen LogP contribution in [0.3, 0.4) is 0 Å². The minimum absolute atomic E-state index is 0.396. The average Bonchev–Trinajstić information content (AvgIpc) is 3.27. The summed E-state index contributed by atoms with van der Waals surface area (Å²) in [5.41, 5.74) is 2.34. The van der Waals surface area contributed by atoms with Gasteiger partial charge in [0.25, 0.3) is 0 Å². The van der Waals surface area contributed by atoms with Crippen molar-refractivity contribution in [1.82, 2.24) is 20.9 Å². The van der Waals surface area contributed by atoms with Gasteiger partial charge in [-0.2, -0.15) is 0 Å². The van der Waals surface area contributed by atoms with Crippen LogP contribution in [0.25, 0.3) is 10.2 Å². The van der Waals surface area contributed by atoms with Crippen LogP contribution >= 0.6 is 11.3 Å². The number of carboxylic acids is 1. The van der Waals surface area contributed by atoms with Crippen molar-refractivity contribution in [2.45, 2.75) is 32.5 Å². The summed E-state index contributed by atoms with van der Waals surface area (Å²) in [7, 11) is 0. The molecule has 3 heterocycles. The standard InChI is InChI=1S/C22H28N6O3S/c1-3-21(19(29)30)8-10-23-13-18(21)22(27-20(31)24-4-2)26-9-5-11-28(22)15-6-7-17-16(12-15)25-14-32-17/h5-7,9,11-12,14,18,23H,3-4,8,10,13H2,1-2H3,(H,29,30)(H2,24,27,31). The molecule has 1 fully saturated rings. The minimum atomic E-state index is -1.33. The molecule has 4 N–H and O–H groups in total. The molecule has 0 aliphatic carbocycles. The number of aromatic nitrogens is 1. The number of fused-ring (bicyclic) bond motifs is 1. The van der Waals surface area contributed by atoms with Crippen molar-refractivity contribution in [3.05, 3.63) is 36.0 Å². The molecule has 0 spiro atoms. The first-order valence-corrected chi connectivity index (χ1v) is 11.7. The lowest BCUT2D eigenvalue weighted by molar-refractivity contribution is -0.158. The van der Waals surface area contributed by atoms with Crippen LogP contribution < -0.4 is 20.9 Å². The second kappa shape index (κ2) is 8.87. The number of rotatable bonds is 6. The van der Waals surface area contributed by atoms with Gasteiger partial charge in [0.15, 0.2) is 0 Å². The van der Waals surface area contributed by atoms with E-state index in [1.54, 1.807) is 29.1 Å². The lowest BCUT2D eigenvalue weighted by Gasteiger charge is -2.53. The molecule has 10 heteroatoms. The van der Waals surface area contributed by atoms with Crippen molar-refractivity contribution >= 4 is 45.5 Å². The first-order chi connectivity index (χ1) is 15.5. The minimum Gasteiger partial charge on any atom is -0.481 e. The molecule has 2 aliphatic rings. The van der Waals surface area contributed by atoms with Crippen LogP contribution in [0, 0.1) is 11.3 Å². The summed E-state index contributed by atoms with van der Waals surface area (Å²) in [6.45, 7) is 5.15. The van der Waals surface area contributed by atoms with Crippen molar-refractivity contribution in [3.63, 3.8) is 0 Å². The van der Waals surface area contributed by atoms with Gasteiger partial charge in [0.2, 0.25) is 5.79 Å². The number of piperidine rings is 1. The van der Waals surface area contributed by atoms with Gasteiger partial charge in [-0.3, -0.25) is 10.1 Å². The Morgan fingerprint density at radius 3 is 2.97 bits per heavy atom. The predicted octanol–water partition coefficient (Wildman–Crippen LogP) is 2.76. The Balaban J connectivity index is 1.88. The normalized spacial score (nSPS) is 27.4. The SMILES string of the molecule is CCNC(=O)NC1(C2CNCCC2(CC)C(=O)O)N=CC=CN1c1ccc2scnc2c1. The molecule has 1 aromatic carbocycles. The number of nitrogens with zero attached hydrogens (tertiary/aromatic N) is 3. The van der Waals surface area contributed by atoms with Crippen molar-refractivity contribution in [1.29, 1.82) is 0 Å². The number of benzene rings is 1. The summed E-state index contributed by atoms with van der Waals surface area (Å²) in [5.74, 6) is -2.75. The van der Waals surface area contributed by atoms with E-state index in [1.807, 2.05) is 43.1 Å². The summed E-state index contributed by atoms with van der Waals surface area (Å²) in [6, 6.07) is 5.47. The summed E-state index contributed by atoms with van der Waals surface area (Å²) < 4.78 is 1.05. The van der Waals surface area contributed by atoms with Crippen LogP contribution in [-0.4, -0.2) is 53.7 Å². The molecule has 32 heavy (non-hydrogen) atoms. The van der Waals surface area contributed by atoms with E-state index >= 15 is 0 Å². The Morgan fingerprint density at radius 1 is 1.38 bits per heavy atom. The number of hydrogen-bond acceptors (Lipinski definition) is 7. The first-order valence-electron chi connectivity index (χ1n) is 10.8. The highest BCUT2D eigenvalue weighted by Gasteiger charge is 2.59. The number of carboxylic acid groups (broad SMARTS) is 1. The van der Waals surface area contributed by atoms with Crippen molar-refractivity contribution < 1.29 is 14.7 Å². The van der Waals surface area contributed by atoms with E-state index in [4.69, 9.17) is 4.99 Å². The van der Waals surface area contributed by atoms with Gasteiger partial charge in [0.1, 0.15) is 0 Å². The average molecular weight is 457 g/mol. The maximum absolute atomic E-state index is 12.9. The van der Waals surface area contributed by atoms with E-state index in [9.17, 15) is 14.7 Å². The molecule has 9 nitrogen and oxygen atoms in total. The third kappa shape index (κ3) is 3.63. The number of urea groups is 1. The van der Waals surface area contributed by atoms with Crippen LogP contribution in [0.1, 0.15) is 26.7 Å². The molecule has 3 atom stereocenters. The quantitative estimate of drug-likeness (QED) is 0.531. The summed E-state index contributed by atoms with van der Waals surface area (Å²) in [4.78, 5) is 36.6. The Bertz CT molecular complexity index is 1070. The molecule has 2 aromatic rings. The van der Waals surface area contributed by atoms with Crippen LogP contribution in [0.4, 0.5) is 10.5 Å². The van der Waals surface area contributed by atoms with E-state index in [1.165, 1.54) is 0 Å². The molecule has 1 aromatic heterocycles. The number of anilines is 1.